The molecule has 0 aliphatic rings. The molecule has 0 saturated heterocycles. The van der Waals surface area contributed by atoms with Gasteiger partial charge in [-0.05, 0) is 61.9 Å². The van der Waals surface area contributed by atoms with Crippen molar-refractivity contribution in [2.45, 2.75) is 13.8 Å². The van der Waals surface area contributed by atoms with E-state index in [1.54, 1.807) is 13.3 Å². The molecule has 0 saturated carbocycles. The summed E-state index contributed by atoms with van der Waals surface area (Å²) in [5.41, 5.74) is 6.99. The zero-order chi connectivity index (χ0) is 18.5. The fourth-order valence-electron chi connectivity index (χ4n) is 2.88. The zero-order valence-electron chi connectivity index (χ0n) is 15.1. The number of para-hydroxylation sites is 1. The molecule has 0 atom stereocenters. The predicted octanol–water partition coefficient (Wildman–Crippen LogP) is 3.87. The summed E-state index contributed by atoms with van der Waals surface area (Å²) in [6, 6.07) is 19.3. The smallest absolute Gasteiger partial charge is 0.273 e. The van der Waals surface area contributed by atoms with E-state index in [-0.39, 0.29) is 5.91 Å². The number of hydrazone groups is 1. The number of methoxy groups -OCH3 is 1. The standard InChI is InChI=1S/C21H21N3O2/c1-15-13-20(16(2)24(15)18-7-5-4-6-8-18)21(25)23-22-14-17-9-11-19(26-3)12-10-17/h4-14H,1-3H3,(H,23,25). The topological polar surface area (TPSA) is 55.6 Å². The first-order chi connectivity index (χ1) is 12.6. The largest absolute Gasteiger partial charge is 0.497 e. The summed E-state index contributed by atoms with van der Waals surface area (Å²) in [4.78, 5) is 12.5. The van der Waals surface area contributed by atoms with Crippen LogP contribution in [0.5, 0.6) is 5.75 Å². The fourth-order valence-corrected chi connectivity index (χ4v) is 2.88. The number of carbonyl (C=O) groups is 1. The van der Waals surface area contributed by atoms with Gasteiger partial charge in [0.05, 0.1) is 18.9 Å². The molecule has 3 aromatic rings. The van der Waals surface area contributed by atoms with E-state index in [1.165, 1.54) is 0 Å². The van der Waals surface area contributed by atoms with Crippen LogP contribution in [0.4, 0.5) is 0 Å². The summed E-state index contributed by atoms with van der Waals surface area (Å²) in [6.07, 6.45) is 1.60. The van der Waals surface area contributed by atoms with Crippen molar-refractivity contribution in [2.24, 2.45) is 5.10 Å². The maximum atomic E-state index is 12.5. The molecule has 1 amide bonds. The maximum Gasteiger partial charge on any atom is 0.273 e. The minimum absolute atomic E-state index is 0.231. The van der Waals surface area contributed by atoms with Gasteiger partial charge in [-0.25, -0.2) is 5.43 Å². The van der Waals surface area contributed by atoms with E-state index in [1.807, 2.05) is 74.5 Å². The van der Waals surface area contributed by atoms with Gasteiger partial charge < -0.3 is 9.30 Å². The predicted molar refractivity (Wildman–Crippen MR) is 103 cm³/mol. The molecule has 26 heavy (non-hydrogen) atoms. The molecule has 132 valence electrons. The van der Waals surface area contributed by atoms with Gasteiger partial charge in [0.1, 0.15) is 5.75 Å². The Kier molecular flexibility index (Phi) is 5.17. The number of nitrogens with one attached hydrogen (secondary N) is 1. The van der Waals surface area contributed by atoms with Gasteiger partial charge in [-0.15, -0.1) is 0 Å². The molecule has 0 aliphatic heterocycles. The number of aromatic nitrogens is 1. The summed E-state index contributed by atoms with van der Waals surface area (Å²) in [5, 5.41) is 4.05. The molecule has 3 rings (SSSR count). The van der Waals surface area contributed by atoms with Crippen LogP contribution in [0.15, 0.2) is 65.8 Å². The Morgan fingerprint density at radius 2 is 1.77 bits per heavy atom. The van der Waals surface area contributed by atoms with Crippen LogP contribution < -0.4 is 10.2 Å². The average Bonchev–Trinajstić information content (AvgIpc) is 2.97. The molecule has 0 radical (unpaired) electrons. The highest BCUT2D eigenvalue weighted by atomic mass is 16.5. The third-order valence-corrected chi connectivity index (χ3v) is 4.19. The van der Waals surface area contributed by atoms with E-state index in [0.717, 1.165) is 28.4 Å². The average molecular weight is 347 g/mol. The Morgan fingerprint density at radius 1 is 1.08 bits per heavy atom. The molecule has 0 fully saturated rings. The SMILES string of the molecule is COc1ccc(C=NNC(=O)c2cc(C)n(-c3ccccc3)c2C)cc1. The van der Waals surface area contributed by atoms with Gasteiger partial charge in [-0.3, -0.25) is 4.79 Å². The van der Waals surface area contributed by atoms with Crippen LogP contribution in [0, 0.1) is 13.8 Å². The number of hydrogen-bond acceptors (Lipinski definition) is 3. The summed E-state index contributed by atoms with van der Waals surface area (Å²) < 4.78 is 7.17. The number of rotatable bonds is 5. The van der Waals surface area contributed by atoms with E-state index >= 15 is 0 Å². The Hall–Kier alpha value is -3.34. The van der Waals surface area contributed by atoms with Gasteiger partial charge in [0.25, 0.3) is 5.91 Å². The van der Waals surface area contributed by atoms with Crippen LogP contribution in [0.2, 0.25) is 0 Å². The molecule has 0 unspecified atom stereocenters. The van der Waals surface area contributed by atoms with Crippen molar-refractivity contribution in [2.75, 3.05) is 7.11 Å². The van der Waals surface area contributed by atoms with Crippen molar-refractivity contribution >= 4 is 12.1 Å². The minimum atomic E-state index is -0.231. The molecular weight excluding hydrogens is 326 g/mol. The lowest BCUT2D eigenvalue weighted by Crippen LogP contribution is -2.18. The highest BCUT2D eigenvalue weighted by molar-refractivity contribution is 5.96. The van der Waals surface area contributed by atoms with Gasteiger partial charge >= 0.3 is 0 Å². The molecule has 0 spiro atoms. The van der Waals surface area contributed by atoms with Crippen molar-refractivity contribution in [1.29, 1.82) is 0 Å². The maximum absolute atomic E-state index is 12.5. The Bertz CT molecular complexity index is 926. The van der Waals surface area contributed by atoms with Gasteiger partial charge in [-0.1, -0.05) is 18.2 Å². The van der Waals surface area contributed by atoms with Gasteiger partial charge in [0.2, 0.25) is 0 Å². The third-order valence-electron chi connectivity index (χ3n) is 4.19. The molecule has 1 N–H and O–H groups in total. The van der Waals surface area contributed by atoms with Crippen molar-refractivity contribution in [3.63, 3.8) is 0 Å². The van der Waals surface area contributed by atoms with Gasteiger partial charge in [-0.2, -0.15) is 5.10 Å². The van der Waals surface area contributed by atoms with E-state index in [4.69, 9.17) is 4.74 Å². The first-order valence-electron chi connectivity index (χ1n) is 8.32. The third kappa shape index (κ3) is 3.67. The highest BCUT2D eigenvalue weighted by Gasteiger charge is 2.16. The van der Waals surface area contributed by atoms with Crippen LogP contribution in [-0.2, 0) is 0 Å². The van der Waals surface area contributed by atoms with Crippen LogP contribution in [-0.4, -0.2) is 23.8 Å². The molecular formula is C21H21N3O2. The molecule has 5 nitrogen and oxygen atoms in total. The van der Waals surface area contributed by atoms with Crippen LogP contribution in [0.25, 0.3) is 5.69 Å². The normalized spacial score (nSPS) is 10.9. The lowest BCUT2D eigenvalue weighted by Gasteiger charge is -2.09. The molecule has 0 aliphatic carbocycles. The number of nitrogens with zero attached hydrogens (tertiary/aromatic N) is 2. The lowest BCUT2D eigenvalue weighted by molar-refractivity contribution is 0.0954. The molecule has 0 bridgehead atoms. The molecule has 1 aromatic heterocycles. The van der Waals surface area contributed by atoms with E-state index in [9.17, 15) is 4.79 Å². The minimum Gasteiger partial charge on any atom is -0.497 e. The van der Waals surface area contributed by atoms with Crippen molar-refractivity contribution in [3.05, 3.63) is 83.2 Å². The highest BCUT2D eigenvalue weighted by Crippen LogP contribution is 2.20. The first kappa shape index (κ1) is 17.5. The van der Waals surface area contributed by atoms with E-state index in [0.29, 0.717) is 5.56 Å². The Labute approximate surface area is 152 Å². The van der Waals surface area contributed by atoms with Gasteiger partial charge in [0, 0.05) is 17.1 Å². The second kappa shape index (κ2) is 7.70. The molecule has 1 heterocycles. The van der Waals surface area contributed by atoms with E-state index in [2.05, 4.69) is 15.1 Å². The van der Waals surface area contributed by atoms with Crippen molar-refractivity contribution in [3.8, 4) is 11.4 Å². The summed E-state index contributed by atoms with van der Waals surface area (Å²) in [5.74, 6) is 0.546. The Balaban J connectivity index is 1.75. The summed E-state index contributed by atoms with van der Waals surface area (Å²) >= 11 is 0. The fraction of sp³-hybridized carbons (Fsp3) is 0.143. The first-order valence-corrected chi connectivity index (χ1v) is 8.32. The van der Waals surface area contributed by atoms with Crippen LogP contribution in [0.1, 0.15) is 27.3 Å². The Morgan fingerprint density at radius 3 is 2.42 bits per heavy atom. The number of ether oxygens (including phenoxy) is 1. The van der Waals surface area contributed by atoms with Crippen LogP contribution >= 0.6 is 0 Å². The molecule has 2 aromatic carbocycles. The zero-order valence-corrected chi connectivity index (χ0v) is 15.1. The monoisotopic (exact) mass is 347 g/mol. The van der Waals surface area contributed by atoms with Crippen molar-refractivity contribution < 1.29 is 9.53 Å². The number of benzene rings is 2. The second-order valence-electron chi connectivity index (χ2n) is 5.93. The van der Waals surface area contributed by atoms with E-state index < -0.39 is 0 Å². The second-order valence-corrected chi connectivity index (χ2v) is 5.93. The lowest BCUT2D eigenvalue weighted by atomic mass is 10.2. The number of aryl methyl sites for hydroxylation is 1. The quantitative estimate of drug-likeness (QED) is 0.563. The number of amides is 1. The van der Waals surface area contributed by atoms with Crippen molar-refractivity contribution in [1.82, 2.24) is 9.99 Å². The summed E-state index contributed by atoms with van der Waals surface area (Å²) in [6.45, 7) is 3.92. The summed E-state index contributed by atoms with van der Waals surface area (Å²) in [7, 11) is 1.62. The number of carbonyl (C=O) groups excluding carboxylic acids is 1. The number of hydrogen-bond donors (Lipinski definition) is 1. The van der Waals surface area contributed by atoms with Gasteiger partial charge in [0.15, 0.2) is 0 Å². The van der Waals surface area contributed by atoms with Crippen LogP contribution in [0.3, 0.4) is 0 Å². The molecule has 5 heteroatoms.